The van der Waals surface area contributed by atoms with Crippen LogP contribution in [-0.4, -0.2) is 210 Å². The Bertz CT molecular complexity index is 1890. The van der Waals surface area contributed by atoms with E-state index in [1.165, 1.54) is 0 Å². The summed E-state index contributed by atoms with van der Waals surface area (Å²) < 4.78 is 48.8. The summed E-state index contributed by atoms with van der Waals surface area (Å²) in [6, 6.07) is 0. The summed E-state index contributed by atoms with van der Waals surface area (Å²) in [5.41, 5.74) is -0.872. The van der Waals surface area contributed by atoms with Crippen LogP contribution in [0, 0.1) is 50.7 Å². The predicted octanol–water partition coefficient (Wildman–Crippen LogP) is -2.09. The summed E-state index contributed by atoms with van der Waals surface area (Å²) in [5, 5.41) is 126. The van der Waals surface area contributed by atoms with Gasteiger partial charge in [-0.2, -0.15) is 0 Å². The van der Waals surface area contributed by atoms with Gasteiger partial charge in [-0.05, 0) is 96.7 Å². The summed E-state index contributed by atoms with van der Waals surface area (Å²) in [7, 11) is 1.65. The summed E-state index contributed by atoms with van der Waals surface area (Å²) in [6.07, 6.45) is -18.1. The van der Waals surface area contributed by atoms with E-state index in [0.717, 1.165) is 45.4 Å². The van der Waals surface area contributed by atoms with Crippen molar-refractivity contribution in [2.75, 3.05) is 26.9 Å². The topological polar surface area (TPSA) is 334 Å². The van der Waals surface area contributed by atoms with Crippen molar-refractivity contribution in [3.8, 4) is 0 Å². The van der Waals surface area contributed by atoms with Crippen molar-refractivity contribution in [3.05, 3.63) is 0 Å². The van der Waals surface area contributed by atoms with E-state index in [2.05, 4.69) is 34.6 Å². The first-order valence-electron chi connectivity index (χ1n) is 25.0. The Morgan fingerprint density at radius 3 is 1.75 bits per heavy atom. The van der Waals surface area contributed by atoms with Crippen LogP contribution in [0.1, 0.15) is 99.3 Å². The molecule has 9 rings (SSSR count). The van der Waals surface area contributed by atoms with Crippen molar-refractivity contribution in [3.63, 3.8) is 0 Å². The zero-order chi connectivity index (χ0) is 50.3. The molecule has 21 heteroatoms. The molecule has 9 fully saturated rings. The standard InChI is InChI=1S/C48H78O21/c1-20-21(14-27(52)45(6,61)69-40-36(60)33(57)30(54)23(16-50)64-40)68-48(62-7)18-44(5)26-9-8-25-42(2,3)28(10-11-46(25)19-47(26,46)13-12-43(44,4)38(20)48)66-41-37(34(58)31(55)24(17-51)65-41)67-39-35(59)32(56)29(53)22(15-49)63-39/h20-26,28-41,49-51,53-61H,8-19H2,1-7H3/t20?,21-,22+,23+,24+,25?,26?,28-,29+,30+,31+,32-,33-,34-,35+,36+,37+,38?,39-,40-,41-,43+,44-,45?,46+,47-,48-/m0/s1. The Morgan fingerprint density at radius 2 is 1.16 bits per heavy atom. The molecule has 69 heavy (non-hydrogen) atoms. The lowest BCUT2D eigenvalue weighted by Crippen LogP contribution is -2.65. The van der Waals surface area contributed by atoms with Crippen molar-refractivity contribution in [2.24, 2.45) is 50.7 Å². The van der Waals surface area contributed by atoms with E-state index in [0.29, 0.717) is 18.8 Å². The fourth-order valence-corrected chi connectivity index (χ4v) is 16.5. The molecule has 396 valence electrons. The minimum Gasteiger partial charge on any atom is -0.394 e. The first-order valence-corrected chi connectivity index (χ1v) is 25.0. The highest BCUT2D eigenvalue weighted by molar-refractivity contribution is 5.85. The highest BCUT2D eigenvalue weighted by Gasteiger charge is 2.85. The monoisotopic (exact) mass is 991 g/mol. The minimum absolute atomic E-state index is 0.0124. The van der Waals surface area contributed by atoms with Gasteiger partial charge in [0.05, 0.1) is 32.0 Å². The van der Waals surface area contributed by atoms with Crippen molar-refractivity contribution in [1.82, 2.24) is 0 Å². The number of aliphatic hydroxyl groups excluding tert-OH is 11. The van der Waals surface area contributed by atoms with E-state index in [-0.39, 0.29) is 45.8 Å². The number of fused-ring (bicyclic) bond motifs is 4. The maximum absolute atomic E-state index is 13.9. The molecule has 4 heterocycles. The molecule has 0 radical (unpaired) electrons. The Balaban J connectivity index is 0.898. The fourth-order valence-electron chi connectivity index (χ4n) is 16.5. The van der Waals surface area contributed by atoms with Gasteiger partial charge in [0.25, 0.3) is 0 Å². The van der Waals surface area contributed by atoms with Crippen LogP contribution in [0.5, 0.6) is 0 Å². The largest absolute Gasteiger partial charge is 0.394 e. The molecule has 21 nitrogen and oxygen atoms in total. The molecule has 0 bridgehead atoms. The number of aliphatic hydroxyl groups is 12. The number of hydrogen-bond acceptors (Lipinski definition) is 21. The van der Waals surface area contributed by atoms with E-state index in [9.17, 15) is 66.1 Å². The molecular formula is C48H78O21. The van der Waals surface area contributed by atoms with E-state index in [1.54, 1.807) is 7.11 Å². The van der Waals surface area contributed by atoms with Gasteiger partial charge in [0.15, 0.2) is 30.4 Å². The van der Waals surface area contributed by atoms with Gasteiger partial charge in [-0.3, -0.25) is 4.79 Å². The van der Waals surface area contributed by atoms with Crippen LogP contribution in [0.2, 0.25) is 0 Å². The highest BCUT2D eigenvalue weighted by atomic mass is 16.8. The number of hydrogen-bond donors (Lipinski definition) is 12. The van der Waals surface area contributed by atoms with Gasteiger partial charge in [-0.25, -0.2) is 0 Å². The molecular weight excluding hydrogens is 913 g/mol. The summed E-state index contributed by atoms with van der Waals surface area (Å²) in [5.74, 6) is -3.99. The van der Waals surface area contributed by atoms with E-state index >= 15 is 0 Å². The molecule has 4 aliphatic heterocycles. The van der Waals surface area contributed by atoms with Gasteiger partial charge >= 0.3 is 0 Å². The quantitative estimate of drug-likeness (QED) is 0.0695. The van der Waals surface area contributed by atoms with Crippen LogP contribution in [0.4, 0.5) is 0 Å². The molecule has 27 atom stereocenters. The van der Waals surface area contributed by atoms with Crippen LogP contribution < -0.4 is 0 Å². The average Bonchev–Trinajstić information content (AvgIpc) is 3.83. The summed E-state index contributed by atoms with van der Waals surface area (Å²) >= 11 is 0. The number of ketones is 1. The normalized spacial score (nSPS) is 56.2. The number of carbonyl (C=O) groups excluding carboxylic acids is 1. The van der Waals surface area contributed by atoms with Crippen LogP contribution in [0.15, 0.2) is 0 Å². The lowest BCUT2D eigenvalue weighted by atomic mass is 9.41. The number of carbonyl (C=O) groups is 1. The highest BCUT2D eigenvalue weighted by Crippen LogP contribution is 2.90. The second-order valence-electron chi connectivity index (χ2n) is 23.6. The van der Waals surface area contributed by atoms with Crippen molar-refractivity contribution < 1.29 is 104 Å². The Kier molecular flexibility index (Phi) is 13.8. The van der Waals surface area contributed by atoms with Crippen molar-refractivity contribution in [2.45, 2.75) is 215 Å². The van der Waals surface area contributed by atoms with Gasteiger partial charge < -0.3 is 99.2 Å². The van der Waals surface area contributed by atoms with Crippen molar-refractivity contribution in [1.29, 1.82) is 0 Å². The smallest absolute Gasteiger partial charge is 0.226 e. The van der Waals surface area contributed by atoms with Crippen LogP contribution in [0.3, 0.4) is 0 Å². The summed E-state index contributed by atoms with van der Waals surface area (Å²) in [6.45, 7) is 10.3. The van der Waals surface area contributed by atoms with Gasteiger partial charge in [-0.15, -0.1) is 0 Å². The number of methoxy groups -OCH3 is 1. The van der Waals surface area contributed by atoms with Crippen molar-refractivity contribution >= 4 is 5.78 Å². The van der Waals surface area contributed by atoms with Gasteiger partial charge in [-0.1, -0.05) is 34.6 Å². The third-order valence-corrected chi connectivity index (χ3v) is 20.3. The van der Waals surface area contributed by atoms with Gasteiger partial charge in [0.1, 0.15) is 73.2 Å². The molecule has 4 saturated heterocycles. The van der Waals surface area contributed by atoms with Crippen LogP contribution in [-0.2, 0) is 42.7 Å². The third-order valence-electron chi connectivity index (χ3n) is 20.3. The Morgan fingerprint density at radius 1 is 0.623 bits per heavy atom. The zero-order valence-electron chi connectivity index (χ0n) is 40.7. The van der Waals surface area contributed by atoms with Gasteiger partial charge in [0, 0.05) is 25.9 Å². The Hall–Kier alpha value is -1.13. The van der Waals surface area contributed by atoms with Gasteiger partial charge in [0.2, 0.25) is 5.79 Å². The molecule has 12 N–H and O–H groups in total. The Labute approximate surface area is 401 Å². The maximum atomic E-state index is 13.9. The summed E-state index contributed by atoms with van der Waals surface area (Å²) in [4.78, 5) is 13.9. The maximum Gasteiger partial charge on any atom is 0.226 e. The van der Waals surface area contributed by atoms with E-state index in [4.69, 9.17) is 37.9 Å². The molecule has 5 aliphatic carbocycles. The zero-order valence-corrected chi connectivity index (χ0v) is 40.7. The van der Waals surface area contributed by atoms with Crippen LogP contribution in [0.25, 0.3) is 0 Å². The molecule has 0 aromatic rings. The molecule has 0 aromatic carbocycles. The molecule has 0 amide bonds. The lowest BCUT2D eigenvalue weighted by Gasteiger charge is -2.63. The molecule has 0 aromatic heterocycles. The minimum atomic E-state index is -2.49. The SMILES string of the molecule is CO[C@]12C[C@@]3(C)C4CCC5C(C)(C)[C@@H](O[C@@H]6O[C@H](CO)[C@@H](O)[C@H](O)[C@H]6O[C@@H]6O[C@H](CO)[C@@H](O)[C@H](O)[C@H]6O)CC[C@@]56C[C@@]46CC[C@]3(C)C1C(C)[C@H](CC(=O)C(C)(O)O[C@@H]1O[C@H](CO)[C@@H](O)[C@H](O)[C@H]1O)O2. The first-order chi connectivity index (χ1) is 32.3. The number of rotatable bonds is 13. The molecule has 5 unspecified atom stereocenters. The second kappa shape index (κ2) is 18.0. The first kappa shape index (κ1) is 52.7. The van der Waals surface area contributed by atoms with Crippen LogP contribution >= 0.6 is 0 Å². The van der Waals surface area contributed by atoms with E-state index in [1.807, 2.05) is 0 Å². The molecule has 5 saturated carbocycles. The number of Topliss-reactive ketones (excluding diaryl/α,β-unsaturated/α-hetero) is 1. The predicted molar refractivity (Wildman–Crippen MR) is 232 cm³/mol. The molecule has 2 spiro atoms. The second-order valence-corrected chi connectivity index (χ2v) is 23.6. The fraction of sp³-hybridized carbons (Fsp3) is 0.979. The number of ether oxygens (including phenoxy) is 8. The molecule has 9 aliphatic rings. The van der Waals surface area contributed by atoms with E-state index < -0.39 is 147 Å². The average molecular weight is 991 g/mol. The lowest BCUT2D eigenvalue weighted by molar-refractivity contribution is -0.377. The third kappa shape index (κ3) is 7.64.